The van der Waals surface area contributed by atoms with Crippen molar-refractivity contribution < 1.29 is 0 Å². The molecule has 7 heteroatoms. The molecule has 2 heterocycles. The van der Waals surface area contributed by atoms with E-state index < -0.39 is 11.2 Å². The number of aryl methyl sites for hydroxylation is 3. The van der Waals surface area contributed by atoms with Gasteiger partial charge in [-0.2, -0.15) is 4.68 Å². The molecule has 174 valence electrons. The minimum absolute atomic E-state index is 0.248. The van der Waals surface area contributed by atoms with Crippen LogP contribution < -0.4 is 17.0 Å². The third kappa shape index (κ3) is 5.30. The summed E-state index contributed by atoms with van der Waals surface area (Å²) in [6.45, 7) is 12.8. The molecule has 0 saturated carbocycles. The Morgan fingerprint density at radius 1 is 1.12 bits per heavy atom. The lowest BCUT2D eigenvalue weighted by atomic mass is 9.90. The fraction of sp³-hybridized carbons (Fsp3) is 0.385. The topological polar surface area (TPSA) is 107 Å². The molecular formula is C26H33N5O2. The summed E-state index contributed by atoms with van der Waals surface area (Å²) in [5.41, 5.74) is 12.8. The Morgan fingerprint density at radius 2 is 1.79 bits per heavy atom. The molecule has 7 nitrogen and oxygen atoms in total. The minimum atomic E-state index is -0.684. The number of rotatable bonds is 7. The number of nitrogens with zero attached hydrogens (tertiary/aromatic N) is 3. The number of unbranched alkanes of at least 4 members (excludes halogenated alkanes) is 1. The number of hydrogen-bond donors (Lipinski definition) is 2. The molecule has 0 fully saturated rings. The Kier molecular flexibility index (Phi) is 7.31. The molecule has 3 N–H and O–H groups in total. The number of nitrogen functional groups attached to an aromatic ring is 1. The Balaban J connectivity index is 2.01. The molecule has 0 aliphatic rings. The van der Waals surface area contributed by atoms with Gasteiger partial charge in [0.2, 0.25) is 5.82 Å². The fourth-order valence-corrected chi connectivity index (χ4v) is 4.07. The normalized spacial score (nSPS) is 11.9. The monoisotopic (exact) mass is 447 g/mol. The van der Waals surface area contributed by atoms with E-state index in [-0.39, 0.29) is 5.82 Å². The zero-order valence-electron chi connectivity index (χ0n) is 20.3. The first kappa shape index (κ1) is 24.2. The van der Waals surface area contributed by atoms with Crippen LogP contribution in [-0.2, 0) is 6.42 Å². The molecule has 0 aliphatic heterocycles. The van der Waals surface area contributed by atoms with Crippen molar-refractivity contribution in [1.82, 2.24) is 19.7 Å². The summed E-state index contributed by atoms with van der Waals surface area (Å²) >= 11 is 0. The predicted molar refractivity (Wildman–Crippen MR) is 134 cm³/mol. The SMILES string of the molecule is CCC/C=C(\c1cc(Cc2c(C)cc(-n3nc(N)c(=O)[nH]c3=O)cc2C)ncc1C)C(C)C. The number of allylic oxidation sites excluding steroid dienone is 2. The summed E-state index contributed by atoms with van der Waals surface area (Å²) in [6, 6.07) is 5.97. The van der Waals surface area contributed by atoms with Gasteiger partial charge in [-0.25, -0.2) is 4.79 Å². The molecule has 0 aliphatic carbocycles. The van der Waals surface area contributed by atoms with Gasteiger partial charge in [-0.3, -0.25) is 14.8 Å². The second kappa shape index (κ2) is 9.98. The predicted octanol–water partition coefficient (Wildman–Crippen LogP) is 4.25. The van der Waals surface area contributed by atoms with E-state index in [0.717, 1.165) is 39.9 Å². The van der Waals surface area contributed by atoms with Crippen LogP contribution in [0.3, 0.4) is 0 Å². The molecule has 0 saturated heterocycles. The summed E-state index contributed by atoms with van der Waals surface area (Å²) in [5, 5.41) is 3.94. The van der Waals surface area contributed by atoms with Gasteiger partial charge in [0.25, 0.3) is 5.56 Å². The lowest BCUT2D eigenvalue weighted by molar-refractivity contribution is 0.756. The van der Waals surface area contributed by atoms with Crippen LogP contribution in [0.25, 0.3) is 11.3 Å². The molecule has 1 aromatic carbocycles. The van der Waals surface area contributed by atoms with Crippen molar-refractivity contribution in [3.63, 3.8) is 0 Å². The highest BCUT2D eigenvalue weighted by atomic mass is 16.2. The maximum Gasteiger partial charge on any atom is 0.349 e. The second-order valence-corrected chi connectivity index (χ2v) is 8.88. The van der Waals surface area contributed by atoms with Crippen molar-refractivity contribution in [3.05, 3.63) is 84.8 Å². The molecule has 0 spiro atoms. The number of H-pyrrole nitrogens is 1. The van der Waals surface area contributed by atoms with E-state index in [0.29, 0.717) is 18.0 Å². The van der Waals surface area contributed by atoms with Crippen molar-refractivity contribution in [2.75, 3.05) is 5.73 Å². The number of pyridine rings is 1. The zero-order valence-corrected chi connectivity index (χ0v) is 20.3. The first-order valence-electron chi connectivity index (χ1n) is 11.4. The first-order valence-corrected chi connectivity index (χ1v) is 11.4. The molecule has 0 atom stereocenters. The van der Waals surface area contributed by atoms with Crippen LogP contribution in [0.1, 0.15) is 67.1 Å². The molecule has 0 radical (unpaired) electrons. The van der Waals surface area contributed by atoms with E-state index in [1.54, 1.807) is 0 Å². The molecule has 3 aromatic rings. The standard InChI is InChI=1S/C26H33N5O2/c1-7-8-9-21(15(2)3)23-13-19(28-14-18(23)6)12-22-16(4)10-20(11-17(22)5)31-26(33)29-25(32)24(27)30-31/h9-11,13-15H,7-8,12H2,1-6H3,(H2,27,30)(H,29,32,33)/b21-9-. The highest BCUT2D eigenvalue weighted by Crippen LogP contribution is 2.28. The van der Waals surface area contributed by atoms with Gasteiger partial charge in [-0.05, 0) is 84.7 Å². The van der Waals surface area contributed by atoms with Crippen LogP contribution in [0, 0.1) is 26.7 Å². The van der Waals surface area contributed by atoms with E-state index in [1.165, 1.54) is 16.7 Å². The number of hydrogen-bond acceptors (Lipinski definition) is 5. The number of benzene rings is 1. The van der Waals surface area contributed by atoms with Gasteiger partial charge < -0.3 is 5.73 Å². The highest BCUT2D eigenvalue weighted by Gasteiger charge is 2.14. The third-order valence-corrected chi connectivity index (χ3v) is 5.88. The van der Waals surface area contributed by atoms with E-state index in [1.807, 2.05) is 32.2 Å². The number of aromatic nitrogens is 4. The van der Waals surface area contributed by atoms with Crippen molar-refractivity contribution in [2.24, 2.45) is 5.92 Å². The average molecular weight is 448 g/mol. The second-order valence-electron chi connectivity index (χ2n) is 8.88. The number of anilines is 1. The summed E-state index contributed by atoms with van der Waals surface area (Å²) in [7, 11) is 0. The average Bonchev–Trinajstić information content (AvgIpc) is 2.75. The van der Waals surface area contributed by atoms with E-state index in [9.17, 15) is 9.59 Å². The molecule has 3 rings (SSSR count). The Morgan fingerprint density at radius 3 is 2.39 bits per heavy atom. The largest absolute Gasteiger partial charge is 0.378 e. The Labute approximate surface area is 194 Å². The van der Waals surface area contributed by atoms with Crippen LogP contribution >= 0.6 is 0 Å². The molecule has 0 amide bonds. The van der Waals surface area contributed by atoms with Gasteiger partial charge in [0.15, 0.2) is 0 Å². The van der Waals surface area contributed by atoms with E-state index >= 15 is 0 Å². The zero-order chi connectivity index (χ0) is 24.3. The van der Waals surface area contributed by atoms with Gasteiger partial charge in [0, 0.05) is 18.3 Å². The van der Waals surface area contributed by atoms with Crippen LogP contribution in [-0.4, -0.2) is 19.7 Å². The molecule has 0 bridgehead atoms. The summed E-state index contributed by atoms with van der Waals surface area (Å²) < 4.78 is 1.12. The van der Waals surface area contributed by atoms with Crippen LogP contribution in [0.4, 0.5) is 5.82 Å². The van der Waals surface area contributed by atoms with E-state index in [2.05, 4.69) is 49.9 Å². The van der Waals surface area contributed by atoms with Gasteiger partial charge >= 0.3 is 5.69 Å². The Hall–Kier alpha value is -3.48. The highest BCUT2D eigenvalue weighted by molar-refractivity contribution is 5.69. The van der Waals surface area contributed by atoms with Gasteiger partial charge in [0.05, 0.1) is 5.69 Å². The maximum atomic E-state index is 12.2. The van der Waals surface area contributed by atoms with Gasteiger partial charge in [-0.1, -0.05) is 33.3 Å². The maximum absolute atomic E-state index is 12.2. The van der Waals surface area contributed by atoms with Crippen molar-refractivity contribution in [1.29, 1.82) is 0 Å². The van der Waals surface area contributed by atoms with Crippen molar-refractivity contribution >= 4 is 11.4 Å². The van der Waals surface area contributed by atoms with Crippen LogP contribution in [0.15, 0.2) is 40.1 Å². The van der Waals surface area contributed by atoms with E-state index in [4.69, 9.17) is 10.7 Å². The van der Waals surface area contributed by atoms with Crippen molar-refractivity contribution in [3.8, 4) is 5.69 Å². The Bertz CT molecular complexity index is 1290. The quantitative estimate of drug-likeness (QED) is 0.563. The summed E-state index contributed by atoms with van der Waals surface area (Å²) in [6.07, 6.45) is 7.17. The van der Waals surface area contributed by atoms with Crippen LogP contribution in [0.2, 0.25) is 0 Å². The molecular weight excluding hydrogens is 414 g/mol. The lowest BCUT2D eigenvalue weighted by Crippen LogP contribution is -2.33. The minimum Gasteiger partial charge on any atom is -0.378 e. The number of aromatic amines is 1. The van der Waals surface area contributed by atoms with Crippen molar-refractivity contribution in [2.45, 2.75) is 60.8 Å². The molecule has 2 aromatic heterocycles. The number of nitrogens with two attached hydrogens (primary N) is 1. The van der Waals surface area contributed by atoms with Crippen LogP contribution in [0.5, 0.6) is 0 Å². The first-order chi connectivity index (χ1) is 15.6. The fourth-order valence-electron chi connectivity index (χ4n) is 4.07. The summed E-state index contributed by atoms with van der Waals surface area (Å²) in [4.78, 5) is 30.7. The summed E-state index contributed by atoms with van der Waals surface area (Å²) in [5.74, 6) is 0.186. The lowest BCUT2D eigenvalue weighted by Gasteiger charge is -2.17. The van der Waals surface area contributed by atoms with Gasteiger partial charge in [0.1, 0.15) is 0 Å². The molecule has 0 unspecified atom stereocenters. The smallest absolute Gasteiger partial charge is 0.349 e. The number of nitrogens with one attached hydrogen (secondary N) is 1. The molecule has 33 heavy (non-hydrogen) atoms. The van der Waals surface area contributed by atoms with Gasteiger partial charge in [-0.15, -0.1) is 5.10 Å². The third-order valence-electron chi connectivity index (χ3n) is 5.88.